The van der Waals surface area contributed by atoms with Gasteiger partial charge in [-0.25, -0.2) is 4.79 Å². The Bertz CT molecular complexity index is 674. The summed E-state index contributed by atoms with van der Waals surface area (Å²) >= 11 is 11.9. The van der Waals surface area contributed by atoms with Gasteiger partial charge in [0, 0.05) is 22.8 Å². The largest absolute Gasteiger partial charge is 0.496 e. The minimum absolute atomic E-state index is 0.0718. The fourth-order valence-electron chi connectivity index (χ4n) is 1.88. The van der Waals surface area contributed by atoms with E-state index in [1.54, 1.807) is 37.4 Å². The second-order valence-corrected chi connectivity index (χ2v) is 5.15. The van der Waals surface area contributed by atoms with Crippen LogP contribution in [0.25, 0.3) is 0 Å². The molecule has 0 saturated carbocycles. The van der Waals surface area contributed by atoms with Crippen molar-refractivity contribution in [3.8, 4) is 5.75 Å². The minimum atomic E-state index is -1.05. The first kappa shape index (κ1) is 15.5. The Hall–Kier alpha value is -1.91. The molecule has 2 aromatic rings. The molecule has 0 aliphatic rings. The fourth-order valence-corrected chi connectivity index (χ4v) is 2.34. The lowest BCUT2D eigenvalue weighted by molar-refractivity contribution is 0.0697. The van der Waals surface area contributed by atoms with Gasteiger partial charge in [-0.15, -0.1) is 0 Å². The molecule has 2 aromatic carbocycles. The molecule has 4 nitrogen and oxygen atoms in total. The Morgan fingerprint density at radius 1 is 1.24 bits per heavy atom. The van der Waals surface area contributed by atoms with Crippen LogP contribution in [0.15, 0.2) is 36.4 Å². The Morgan fingerprint density at radius 2 is 2.00 bits per heavy atom. The summed E-state index contributed by atoms with van der Waals surface area (Å²) in [4.78, 5) is 10.9. The highest BCUT2D eigenvalue weighted by Crippen LogP contribution is 2.25. The van der Waals surface area contributed by atoms with Crippen LogP contribution in [-0.2, 0) is 6.54 Å². The number of hydrogen-bond acceptors (Lipinski definition) is 3. The third-order valence-corrected chi connectivity index (χ3v) is 3.47. The van der Waals surface area contributed by atoms with Gasteiger partial charge in [0.2, 0.25) is 0 Å². The van der Waals surface area contributed by atoms with E-state index in [1.165, 1.54) is 6.07 Å². The summed E-state index contributed by atoms with van der Waals surface area (Å²) in [5.41, 5.74) is 1.68. The van der Waals surface area contributed by atoms with Crippen molar-refractivity contribution in [1.29, 1.82) is 0 Å². The van der Waals surface area contributed by atoms with Crippen LogP contribution in [0.2, 0.25) is 10.0 Å². The number of ether oxygens (including phenoxy) is 1. The van der Waals surface area contributed by atoms with Gasteiger partial charge in [0.15, 0.2) is 0 Å². The summed E-state index contributed by atoms with van der Waals surface area (Å²) in [7, 11) is 1.59. The van der Waals surface area contributed by atoms with E-state index >= 15 is 0 Å². The number of carbonyl (C=O) groups is 1. The Labute approximate surface area is 132 Å². The van der Waals surface area contributed by atoms with Gasteiger partial charge in [-0.1, -0.05) is 23.2 Å². The van der Waals surface area contributed by atoms with Gasteiger partial charge in [-0.2, -0.15) is 0 Å². The molecule has 0 fully saturated rings. The highest BCUT2D eigenvalue weighted by molar-refractivity contribution is 6.33. The van der Waals surface area contributed by atoms with E-state index in [-0.39, 0.29) is 10.6 Å². The van der Waals surface area contributed by atoms with E-state index in [0.717, 1.165) is 11.3 Å². The number of nitrogens with one attached hydrogen (secondary N) is 1. The summed E-state index contributed by atoms with van der Waals surface area (Å²) in [6.07, 6.45) is 0. The van der Waals surface area contributed by atoms with Crippen LogP contribution in [0, 0.1) is 0 Å². The third-order valence-electron chi connectivity index (χ3n) is 2.92. The number of carboxylic acids is 1. The van der Waals surface area contributed by atoms with E-state index in [9.17, 15) is 4.79 Å². The summed E-state index contributed by atoms with van der Waals surface area (Å²) in [5, 5.41) is 12.9. The van der Waals surface area contributed by atoms with Crippen molar-refractivity contribution in [3.63, 3.8) is 0 Å². The van der Waals surface area contributed by atoms with Crippen LogP contribution in [0.3, 0.4) is 0 Å². The SMILES string of the molecule is COc1ccc(Cl)cc1CNc1ccc(C(=O)O)c(Cl)c1. The standard InChI is InChI=1S/C15H13Cl2NO3/c1-21-14-5-2-10(16)6-9(14)8-18-11-3-4-12(15(19)20)13(17)7-11/h2-7,18H,8H2,1H3,(H,19,20). The number of benzene rings is 2. The average molecular weight is 326 g/mol. The van der Waals surface area contributed by atoms with Crippen LogP contribution in [0.4, 0.5) is 5.69 Å². The van der Waals surface area contributed by atoms with Crippen molar-refractivity contribution < 1.29 is 14.6 Å². The Balaban J connectivity index is 2.15. The molecule has 2 N–H and O–H groups in total. The number of rotatable bonds is 5. The van der Waals surface area contributed by atoms with Crippen molar-refractivity contribution in [2.45, 2.75) is 6.54 Å². The second-order valence-electron chi connectivity index (χ2n) is 4.31. The second kappa shape index (κ2) is 6.70. The molecule has 0 spiro atoms. The maximum atomic E-state index is 10.9. The molecular formula is C15H13Cl2NO3. The number of carboxylic acid groups (broad SMARTS) is 1. The van der Waals surface area contributed by atoms with Crippen LogP contribution in [0.1, 0.15) is 15.9 Å². The molecule has 21 heavy (non-hydrogen) atoms. The van der Waals surface area contributed by atoms with Gasteiger partial charge < -0.3 is 15.2 Å². The molecule has 0 bridgehead atoms. The predicted molar refractivity (Wildman–Crippen MR) is 83.7 cm³/mol. The molecule has 0 aromatic heterocycles. The number of methoxy groups -OCH3 is 1. The number of halogens is 2. The normalized spacial score (nSPS) is 10.2. The van der Waals surface area contributed by atoms with E-state index in [2.05, 4.69) is 5.32 Å². The molecule has 0 heterocycles. The van der Waals surface area contributed by atoms with E-state index < -0.39 is 5.97 Å². The molecule has 2 rings (SSSR count). The zero-order chi connectivity index (χ0) is 15.4. The van der Waals surface area contributed by atoms with Crippen molar-refractivity contribution in [2.24, 2.45) is 0 Å². The summed E-state index contributed by atoms with van der Waals surface area (Å²) in [6, 6.07) is 10.0. The van der Waals surface area contributed by atoms with Crippen LogP contribution in [-0.4, -0.2) is 18.2 Å². The number of aromatic carboxylic acids is 1. The Morgan fingerprint density at radius 3 is 2.62 bits per heavy atom. The molecule has 0 radical (unpaired) electrons. The predicted octanol–water partition coefficient (Wildman–Crippen LogP) is 4.31. The maximum Gasteiger partial charge on any atom is 0.337 e. The zero-order valence-electron chi connectivity index (χ0n) is 11.2. The molecular weight excluding hydrogens is 313 g/mol. The van der Waals surface area contributed by atoms with Crippen LogP contribution < -0.4 is 10.1 Å². The van der Waals surface area contributed by atoms with E-state index in [4.69, 9.17) is 33.0 Å². The van der Waals surface area contributed by atoms with Crippen molar-refractivity contribution in [1.82, 2.24) is 0 Å². The molecule has 0 aliphatic heterocycles. The minimum Gasteiger partial charge on any atom is -0.496 e. The lowest BCUT2D eigenvalue weighted by Gasteiger charge is -2.11. The number of anilines is 1. The first-order chi connectivity index (χ1) is 10.0. The first-order valence-corrected chi connectivity index (χ1v) is 6.86. The van der Waals surface area contributed by atoms with Gasteiger partial charge in [0.25, 0.3) is 0 Å². The topological polar surface area (TPSA) is 58.6 Å². The fraction of sp³-hybridized carbons (Fsp3) is 0.133. The highest BCUT2D eigenvalue weighted by atomic mass is 35.5. The van der Waals surface area contributed by atoms with Crippen LogP contribution >= 0.6 is 23.2 Å². The van der Waals surface area contributed by atoms with Crippen molar-refractivity contribution in [2.75, 3.05) is 12.4 Å². The van der Waals surface area contributed by atoms with E-state index in [0.29, 0.717) is 17.3 Å². The van der Waals surface area contributed by atoms with Gasteiger partial charge in [-0.3, -0.25) is 0 Å². The molecule has 110 valence electrons. The third kappa shape index (κ3) is 3.80. The lowest BCUT2D eigenvalue weighted by atomic mass is 10.1. The van der Waals surface area contributed by atoms with Gasteiger partial charge in [0.1, 0.15) is 5.75 Å². The van der Waals surface area contributed by atoms with Crippen molar-refractivity contribution in [3.05, 3.63) is 57.6 Å². The quantitative estimate of drug-likeness (QED) is 0.859. The van der Waals surface area contributed by atoms with Crippen molar-refractivity contribution >= 4 is 34.9 Å². The monoisotopic (exact) mass is 325 g/mol. The lowest BCUT2D eigenvalue weighted by Crippen LogP contribution is -2.03. The van der Waals surface area contributed by atoms with Gasteiger partial charge >= 0.3 is 5.97 Å². The van der Waals surface area contributed by atoms with Crippen LogP contribution in [0.5, 0.6) is 5.75 Å². The molecule has 0 atom stereocenters. The first-order valence-electron chi connectivity index (χ1n) is 6.10. The highest BCUT2D eigenvalue weighted by Gasteiger charge is 2.09. The van der Waals surface area contributed by atoms with Gasteiger partial charge in [-0.05, 0) is 36.4 Å². The molecule has 0 amide bonds. The molecule has 0 unspecified atom stereocenters. The molecule has 0 aliphatic carbocycles. The number of hydrogen-bond donors (Lipinski definition) is 2. The maximum absolute atomic E-state index is 10.9. The molecule has 6 heteroatoms. The zero-order valence-corrected chi connectivity index (χ0v) is 12.7. The molecule has 0 saturated heterocycles. The smallest absolute Gasteiger partial charge is 0.337 e. The Kier molecular flexibility index (Phi) is 4.94. The van der Waals surface area contributed by atoms with E-state index in [1.807, 2.05) is 0 Å². The average Bonchev–Trinajstić information content (AvgIpc) is 2.45. The summed E-state index contributed by atoms with van der Waals surface area (Å²) < 4.78 is 5.26. The summed E-state index contributed by atoms with van der Waals surface area (Å²) in [6.45, 7) is 0.479. The summed E-state index contributed by atoms with van der Waals surface area (Å²) in [5.74, 6) is -0.330. The van der Waals surface area contributed by atoms with Gasteiger partial charge in [0.05, 0.1) is 17.7 Å².